The molecule has 2 heterocycles. The van der Waals surface area contributed by atoms with Crippen molar-refractivity contribution in [3.63, 3.8) is 0 Å². The van der Waals surface area contributed by atoms with Gasteiger partial charge in [-0.05, 0) is 35.7 Å². The highest BCUT2D eigenvalue weighted by Crippen LogP contribution is 2.35. The average molecular weight is 470 g/mol. The number of carbonyl (C=O) groups excluding carboxylic acids is 1. The fraction of sp³-hybridized carbons (Fsp3) is 0.435. The summed E-state index contributed by atoms with van der Waals surface area (Å²) in [5.41, 5.74) is 7.97. The van der Waals surface area contributed by atoms with Crippen LogP contribution in [0.15, 0.2) is 54.6 Å². The van der Waals surface area contributed by atoms with Gasteiger partial charge < -0.3 is 15.4 Å². The number of hydrogen-bond donors (Lipinski definition) is 1. The second-order valence-electron chi connectivity index (χ2n) is 7.86. The van der Waals surface area contributed by atoms with E-state index in [0.717, 1.165) is 0 Å². The lowest BCUT2D eigenvalue weighted by Gasteiger charge is -2.36. The first-order valence-corrected chi connectivity index (χ1v) is 10.3. The van der Waals surface area contributed by atoms with E-state index in [4.69, 9.17) is 10.5 Å². The van der Waals surface area contributed by atoms with Crippen LogP contribution in [0, 0.1) is 11.7 Å². The Morgan fingerprint density at radius 2 is 1.77 bits per heavy atom. The Balaban J connectivity index is 0.00000171. The van der Waals surface area contributed by atoms with Crippen LogP contribution in [-0.2, 0) is 9.53 Å². The van der Waals surface area contributed by atoms with Crippen molar-refractivity contribution in [3.05, 3.63) is 71.5 Å². The number of hydrogen-bond acceptors (Lipinski definition) is 4. The van der Waals surface area contributed by atoms with Crippen molar-refractivity contribution in [1.29, 1.82) is 0 Å². The highest BCUT2D eigenvalue weighted by Gasteiger charge is 2.40. The lowest BCUT2D eigenvalue weighted by Crippen LogP contribution is -2.46. The minimum atomic E-state index is -0.498. The Hall–Kier alpha value is -1.70. The summed E-state index contributed by atoms with van der Waals surface area (Å²) in [5.74, 6) is 0.147. The second kappa shape index (κ2) is 11.8. The number of ether oxygens (including phenoxy) is 1. The highest BCUT2D eigenvalue weighted by molar-refractivity contribution is 5.85. The third-order valence-electron chi connectivity index (χ3n) is 6.09. The predicted octanol–water partition coefficient (Wildman–Crippen LogP) is 3.24. The molecule has 8 heteroatoms. The van der Waals surface area contributed by atoms with E-state index in [9.17, 15) is 9.18 Å². The summed E-state index contributed by atoms with van der Waals surface area (Å²) >= 11 is 0. The van der Waals surface area contributed by atoms with E-state index >= 15 is 0 Å². The van der Waals surface area contributed by atoms with Crippen molar-refractivity contribution in [2.24, 2.45) is 11.7 Å². The molecule has 2 aliphatic heterocycles. The zero-order chi connectivity index (χ0) is 20.2. The Kier molecular flexibility index (Phi) is 9.72. The molecule has 2 saturated heterocycles. The Bertz CT molecular complexity index is 837. The van der Waals surface area contributed by atoms with Gasteiger partial charge in [0, 0.05) is 32.1 Å². The highest BCUT2D eigenvalue weighted by atomic mass is 35.5. The third kappa shape index (κ3) is 5.76. The first kappa shape index (κ1) is 25.6. The van der Waals surface area contributed by atoms with Gasteiger partial charge in [0.05, 0.1) is 13.2 Å². The molecule has 0 saturated carbocycles. The topological polar surface area (TPSA) is 58.8 Å². The molecule has 0 bridgehead atoms. The molecular weight excluding hydrogens is 440 g/mol. The van der Waals surface area contributed by atoms with Crippen molar-refractivity contribution < 1.29 is 13.9 Å². The Morgan fingerprint density at radius 1 is 1.06 bits per heavy atom. The fourth-order valence-electron chi connectivity index (χ4n) is 4.56. The predicted molar refractivity (Wildman–Crippen MR) is 124 cm³/mol. The number of benzene rings is 2. The zero-order valence-corrected chi connectivity index (χ0v) is 19.0. The summed E-state index contributed by atoms with van der Waals surface area (Å²) in [6.45, 7) is 4.28. The summed E-state index contributed by atoms with van der Waals surface area (Å²) < 4.78 is 19.4. The number of nitrogens with two attached hydrogens (primary N) is 1. The molecule has 2 aliphatic rings. The van der Waals surface area contributed by atoms with Gasteiger partial charge in [0.25, 0.3) is 0 Å². The molecule has 1 amide bonds. The molecule has 170 valence electrons. The number of morpholine rings is 1. The number of amides is 1. The van der Waals surface area contributed by atoms with E-state index in [1.165, 1.54) is 17.7 Å². The summed E-state index contributed by atoms with van der Waals surface area (Å²) in [7, 11) is 0. The van der Waals surface area contributed by atoms with Crippen LogP contribution in [0.25, 0.3) is 0 Å². The van der Waals surface area contributed by atoms with Gasteiger partial charge >= 0.3 is 0 Å². The maximum atomic E-state index is 14.0. The molecule has 0 radical (unpaired) electrons. The van der Waals surface area contributed by atoms with Gasteiger partial charge in [-0.15, -0.1) is 24.8 Å². The van der Waals surface area contributed by atoms with Crippen molar-refractivity contribution >= 4 is 30.7 Å². The molecule has 0 spiro atoms. The number of nitrogens with zero attached hydrogens (tertiary/aromatic N) is 2. The summed E-state index contributed by atoms with van der Waals surface area (Å²) in [6, 6.07) is 16.2. The molecule has 5 nitrogen and oxygen atoms in total. The van der Waals surface area contributed by atoms with Gasteiger partial charge in [0.15, 0.2) is 0 Å². The number of likely N-dealkylation sites (tertiary alicyclic amines) is 1. The van der Waals surface area contributed by atoms with Crippen LogP contribution in [0.1, 0.15) is 23.1 Å². The molecule has 2 fully saturated rings. The zero-order valence-electron chi connectivity index (χ0n) is 17.4. The maximum absolute atomic E-state index is 14.0. The van der Waals surface area contributed by atoms with Crippen LogP contribution in [0.5, 0.6) is 0 Å². The van der Waals surface area contributed by atoms with Gasteiger partial charge in [-0.3, -0.25) is 9.69 Å². The lowest BCUT2D eigenvalue weighted by atomic mass is 9.89. The van der Waals surface area contributed by atoms with E-state index in [2.05, 4.69) is 17.0 Å². The molecule has 4 rings (SSSR count). The number of carbonyl (C=O) groups is 1. The van der Waals surface area contributed by atoms with Crippen molar-refractivity contribution in [3.8, 4) is 0 Å². The normalized spacial score (nSPS) is 22.3. The molecule has 2 aromatic carbocycles. The maximum Gasteiger partial charge on any atom is 0.244 e. The van der Waals surface area contributed by atoms with Gasteiger partial charge in [0.2, 0.25) is 5.91 Å². The van der Waals surface area contributed by atoms with E-state index in [1.807, 2.05) is 29.2 Å². The fourth-order valence-corrected chi connectivity index (χ4v) is 4.56. The lowest BCUT2D eigenvalue weighted by molar-refractivity contribution is -0.138. The van der Waals surface area contributed by atoms with E-state index < -0.39 is 6.04 Å². The smallest absolute Gasteiger partial charge is 0.244 e. The molecule has 1 unspecified atom stereocenters. The van der Waals surface area contributed by atoms with Gasteiger partial charge in [-0.2, -0.15) is 0 Å². The summed E-state index contributed by atoms with van der Waals surface area (Å²) in [6.07, 6.45) is 0. The van der Waals surface area contributed by atoms with Crippen LogP contribution in [0.4, 0.5) is 4.39 Å². The monoisotopic (exact) mass is 469 g/mol. The minimum absolute atomic E-state index is 0. The van der Waals surface area contributed by atoms with Crippen LogP contribution in [-0.4, -0.2) is 61.6 Å². The Labute approximate surface area is 195 Å². The van der Waals surface area contributed by atoms with Crippen LogP contribution in [0.3, 0.4) is 0 Å². The molecule has 0 aliphatic carbocycles. The number of halogens is 3. The van der Waals surface area contributed by atoms with Gasteiger partial charge in [0.1, 0.15) is 11.9 Å². The van der Waals surface area contributed by atoms with Crippen LogP contribution < -0.4 is 5.73 Å². The van der Waals surface area contributed by atoms with Crippen molar-refractivity contribution in [2.75, 3.05) is 45.9 Å². The van der Waals surface area contributed by atoms with Gasteiger partial charge in [-0.1, -0.05) is 42.5 Å². The minimum Gasteiger partial charge on any atom is -0.379 e. The molecule has 2 aromatic rings. The molecule has 0 aromatic heterocycles. The first-order chi connectivity index (χ1) is 14.2. The molecule has 2 N–H and O–H groups in total. The quantitative estimate of drug-likeness (QED) is 0.729. The number of rotatable bonds is 5. The summed E-state index contributed by atoms with van der Waals surface area (Å²) in [5, 5.41) is 0. The standard InChI is InChI=1S/C23H28FN3O2.2ClH/c24-20-8-4-7-18(13-20)22(26-9-11-29-12-10-26)23(28)27-15-19(14-25)21(16-27)17-5-2-1-3-6-17;;/h1-8,13,19,21-22H,9-12,14-16,25H2;2*1H/t19-,21+,22?;;/m1../s1. The van der Waals surface area contributed by atoms with E-state index in [1.54, 1.807) is 6.07 Å². The molecule has 3 atom stereocenters. The SMILES string of the molecule is Cl.Cl.NC[C@@H]1CN(C(=O)C(c2cccc(F)c2)N2CCOCC2)C[C@H]1c1ccccc1. The second-order valence-corrected chi connectivity index (χ2v) is 7.86. The van der Waals surface area contributed by atoms with Crippen LogP contribution >= 0.6 is 24.8 Å². The van der Waals surface area contributed by atoms with Gasteiger partial charge in [-0.25, -0.2) is 4.39 Å². The molecule has 31 heavy (non-hydrogen) atoms. The van der Waals surface area contributed by atoms with Crippen LogP contribution in [0.2, 0.25) is 0 Å². The van der Waals surface area contributed by atoms with E-state index in [0.29, 0.717) is 51.5 Å². The average Bonchev–Trinajstić information content (AvgIpc) is 3.20. The first-order valence-electron chi connectivity index (χ1n) is 10.3. The largest absolute Gasteiger partial charge is 0.379 e. The third-order valence-corrected chi connectivity index (χ3v) is 6.09. The Morgan fingerprint density at radius 3 is 2.42 bits per heavy atom. The van der Waals surface area contributed by atoms with Crippen molar-refractivity contribution in [1.82, 2.24) is 9.80 Å². The summed E-state index contributed by atoms with van der Waals surface area (Å²) in [4.78, 5) is 17.7. The van der Waals surface area contributed by atoms with E-state index in [-0.39, 0.29) is 48.4 Å². The van der Waals surface area contributed by atoms with Crippen molar-refractivity contribution in [2.45, 2.75) is 12.0 Å². The molecular formula is C23H30Cl2FN3O2.